The molecule has 0 radical (unpaired) electrons. The van der Waals surface area contributed by atoms with E-state index in [0.29, 0.717) is 17.0 Å². The fraction of sp³-hybridized carbons (Fsp3) is 0. The van der Waals surface area contributed by atoms with Crippen molar-refractivity contribution in [2.75, 3.05) is 0 Å². The molecular formula is C21H13N5O. The molecule has 6 heteroatoms. The van der Waals surface area contributed by atoms with Crippen molar-refractivity contribution >= 4 is 22.7 Å². The van der Waals surface area contributed by atoms with E-state index in [1.807, 2.05) is 48.5 Å². The number of carbonyl (C=O) groups is 1. The molecule has 1 amide bonds. The van der Waals surface area contributed by atoms with E-state index < -0.39 is 0 Å². The molecule has 2 aromatic carbocycles. The van der Waals surface area contributed by atoms with Gasteiger partial charge in [-0.25, -0.2) is 15.4 Å². The Morgan fingerprint density at radius 3 is 2.26 bits per heavy atom. The molecule has 27 heavy (non-hydrogen) atoms. The summed E-state index contributed by atoms with van der Waals surface area (Å²) in [6, 6.07) is 18.9. The van der Waals surface area contributed by atoms with Crippen molar-refractivity contribution < 1.29 is 4.79 Å². The Kier molecular flexibility index (Phi) is 3.47. The number of hydrogen-bond acceptors (Lipinski definition) is 5. The fourth-order valence-electron chi connectivity index (χ4n) is 3.16. The lowest BCUT2D eigenvalue weighted by Crippen LogP contribution is -2.20. The van der Waals surface area contributed by atoms with E-state index in [1.54, 1.807) is 18.3 Å². The normalized spacial score (nSPS) is 13.4. The van der Waals surface area contributed by atoms with Crippen LogP contribution < -0.4 is 5.43 Å². The number of rotatable bonds is 2. The highest BCUT2D eigenvalue weighted by molar-refractivity contribution is 6.23. The van der Waals surface area contributed by atoms with Crippen molar-refractivity contribution in [1.29, 1.82) is 0 Å². The number of amides is 1. The molecule has 128 valence electrons. The van der Waals surface area contributed by atoms with Gasteiger partial charge in [0.2, 0.25) is 0 Å². The minimum atomic E-state index is -0.324. The summed E-state index contributed by atoms with van der Waals surface area (Å²) in [5, 5.41) is 4.38. The fourth-order valence-corrected chi connectivity index (χ4v) is 3.16. The van der Waals surface area contributed by atoms with Gasteiger partial charge in [-0.15, -0.1) is 0 Å². The third-order valence-electron chi connectivity index (χ3n) is 4.43. The van der Waals surface area contributed by atoms with E-state index in [9.17, 15) is 4.79 Å². The third-order valence-corrected chi connectivity index (χ3v) is 4.43. The first-order chi connectivity index (χ1) is 13.3. The molecule has 0 saturated carbocycles. The number of aromatic nitrogens is 3. The van der Waals surface area contributed by atoms with E-state index in [0.717, 1.165) is 27.9 Å². The van der Waals surface area contributed by atoms with Gasteiger partial charge in [0.1, 0.15) is 11.4 Å². The summed E-state index contributed by atoms with van der Waals surface area (Å²) in [6.07, 6.45) is 3.12. The molecule has 0 spiro atoms. The number of nitrogens with one attached hydrogen (secondary N) is 1. The molecule has 0 atom stereocenters. The lowest BCUT2D eigenvalue weighted by molar-refractivity contribution is 0.0954. The van der Waals surface area contributed by atoms with Crippen LogP contribution in [0.5, 0.6) is 0 Å². The zero-order chi connectivity index (χ0) is 18.2. The number of para-hydroxylation sites is 2. The molecule has 0 unspecified atom stereocenters. The lowest BCUT2D eigenvalue weighted by atomic mass is 10.1. The Morgan fingerprint density at radius 1 is 0.815 bits per heavy atom. The van der Waals surface area contributed by atoms with Crippen molar-refractivity contribution in [3.05, 3.63) is 89.9 Å². The van der Waals surface area contributed by atoms with Crippen LogP contribution in [0.25, 0.3) is 22.3 Å². The number of benzene rings is 2. The Bertz CT molecular complexity index is 1220. The summed E-state index contributed by atoms with van der Waals surface area (Å²) >= 11 is 0. The second-order valence-corrected chi connectivity index (χ2v) is 6.10. The van der Waals surface area contributed by atoms with Crippen molar-refractivity contribution in [2.45, 2.75) is 0 Å². The number of fused-ring (bicyclic) bond motifs is 4. The quantitative estimate of drug-likeness (QED) is 0.495. The van der Waals surface area contributed by atoms with Crippen LogP contribution in [0, 0.1) is 0 Å². The summed E-state index contributed by atoms with van der Waals surface area (Å²) in [4.78, 5) is 25.8. The largest absolute Gasteiger partial charge is 0.272 e. The average Bonchev–Trinajstić information content (AvgIpc) is 3.04. The molecule has 1 N–H and O–H groups in total. The molecule has 5 rings (SSSR count). The van der Waals surface area contributed by atoms with Crippen LogP contribution in [0.15, 0.2) is 78.2 Å². The van der Waals surface area contributed by atoms with Gasteiger partial charge in [0.15, 0.2) is 0 Å². The molecule has 1 aliphatic carbocycles. The van der Waals surface area contributed by atoms with Crippen molar-refractivity contribution in [2.24, 2.45) is 5.10 Å². The summed E-state index contributed by atoms with van der Waals surface area (Å²) in [5.74, 6) is -0.324. The maximum Gasteiger partial charge on any atom is 0.272 e. The SMILES string of the molecule is O=C(N/N=C1/c2ccccc2-c2nc3ccccc3nc21)c1cccnc1. The van der Waals surface area contributed by atoms with E-state index in [4.69, 9.17) is 9.97 Å². The standard InChI is InChI=1S/C21H13N5O/c27-21(13-6-5-11-22-12-13)26-25-19-15-8-2-1-7-14(15)18-20(19)24-17-10-4-3-9-16(17)23-18/h1-12H,(H,26,27)/b25-19-. The molecule has 6 nitrogen and oxygen atoms in total. The second kappa shape index (κ2) is 6.10. The molecule has 1 aliphatic rings. The topological polar surface area (TPSA) is 80.1 Å². The van der Waals surface area contributed by atoms with Gasteiger partial charge in [-0.1, -0.05) is 36.4 Å². The maximum absolute atomic E-state index is 12.3. The Hall–Kier alpha value is -3.93. The van der Waals surface area contributed by atoms with Gasteiger partial charge < -0.3 is 0 Å². The highest BCUT2D eigenvalue weighted by Crippen LogP contribution is 2.35. The number of pyridine rings is 1. The monoisotopic (exact) mass is 351 g/mol. The summed E-state index contributed by atoms with van der Waals surface area (Å²) in [5.41, 5.74) is 8.58. The minimum Gasteiger partial charge on any atom is -0.267 e. The zero-order valence-corrected chi connectivity index (χ0v) is 14.1. The van der Waals surface area contributed by atoms with Gasteiger partial charge in [0.25, 0.3) is 5.91 Å². The van der Waals surface area contributed by atoms with Gasteiger partial charge in [0.05, 0.1) is 22.3 Å². The third kappa shape index (κ3) is 2.55. The lowest BCUT2D eigenvalue weighted by Gasteiger charge is -2.04. The molecule has 2 aromatic heterocycles. The summed E-state index contributed by atoms with van der Waals surface area (Å²) < 4.78 is 0. The maximum atomic E-state index is 12.3. The van der Waals surface area contributed by atoms with E-state index in [-0.39, 0.29) is 5.91 Å². The molecule has 0 fully saturated rings. The Morgan fingerprint density at radius 2 is 1.52 bits per heavy atom. The van der Waals surface area contributed by atoms with Crippen LogP contribution in [0.3, 0.4) is 0 Å². The van der Waals surface area contributed by atoms with Crippen LogP contribution in [0.4, 0.5) is 0 Å². The van der Waals surface area contributed by atoms with Gasteiger partial charge in [-0.2, -0.15) is 5.10 Å². The highest BCUT2D eigenvalue weighted by Gasteiger charge is 2.28. The number of nitrogens with zero attached hydrogens (tertiary/aromatic N) is 4. The molecule has 0 saturated heterocycles. The van der Waals surface area contributed by atoms with E-state index >= 15 is 0 Å². The van der Waals surface area contributed by atoms with E-state index in [1.165, 1.54) is 6.20 Å². The molecule has 0 bridgehead atoms. The highest BCUT2D eigenvalue weighted by atomic mass is 16.2. The van der Waals surface area contributed by atoms with Crippen molar-refractivity contribution in [3.63, 3.8) is 0 Å². The van der Waals surface area contributed by atoms with Gasteiger partial charge in [-0.05, 0) is 24.3 Å². The number of hydrogen-bond donors (Lipinski definition) is 1. The predicted octanol–water partition coefficient (Wildman–Crippen LogP) is 3.19. The second-order valence-electron chi connectivity index (χ2n) is 6.10. The Balaban J connectivity index is 1.63. The van der Waals surface area contributed by atoms with Gasteiger partial charge in [-0.3, -0.25) is 9.78 Å². The molecule has 4 aromatic rings. The zero-order valence-electron chi connectivity index (χ0n) is 14.1. The van der Waals surface area contributed by atoms with Crippen LogP contribution in [-0.2, 0) is 0 Å². The first kappa shape index (κ1) is 15.3. The van der Waals surface area contributed by atoms with Crippen molar-refractivity contribution in [3.8, 4) is 11.3 Å². The van der Waals surface area contributed by atoms with Crippen LogP contribution in [0.2, 0.25) is 0 Å². The predicted molar refractivity (Wildman–Crippen MR) is 102 cm³/mol. The van der Waals surface area contributed by atoms with Crippen LogP contribution in [-0.4, -0.2) is 26.6 Å². The first-order valence-electron chi connectivity index (χ1n) is 8.46. The van der Waals surface area contributed by atoms with Crippen molar-refractivity contribution in [1.82, 2.24) is 20.4 Å². The van der Waals surface area contributed by atoms with Gasteiger partial charge >= 0.3 is 0 Å². The minimum absolute atomic E-state index is 0.324. The molecule has 0 aliphatic heterocycles. The van der Waals surface area contributed by atoms with Crippen LogP contribution >= 0.6 is 0 Å². The smallest absolute Gasteiger partial charge is 0.267 e. The van der Waals surface area contributed by atoms with Crippen LogP contribution in [0.1, 0.15) is 21.6 Å². The average molecular weight is 351 g/mol. The number of hydrazone groups is 1. The molecular weight excluding hydrogens is 338 g/mol. The summed E-state index contributed by atoms with van der Waals surface area (Å²) in [6.45, 7) is 0. The molecule has 2 heterocycles. The summed E-state index contributed by atoms with van der Waals surface area (Å²) in [7, 11) is 0. The number of carbonyl (C=O) groups excluding carboxylic acids is 1. The first-order valence-corrected chi connectivity index (χ1v) is 8.46. The van der Waals surface area contributed by atoms with Gasteiger partial charge in [0, 0.05) is 23.5 Å². The van der Waals surface area contributed by atoms with E-state index in [2.05, 4.69) is 15.5 Å². The Labute approximate surface area is 154 Å².